The maximum Gasteiger partial charge on any atom is 0.119 e. The molecule has 0 aliphatic carbocycles. The van der Waals surface area contributed by atoms with Crippen molar-refractivity contribution in [2.24, 2.45) is 5.73 Å². The summed E-state index contributed by atoms with van der Waals surface area (Å²) in [4.78, 5) is 2.30. The molecule has 17 heavy (non-hydrogen) atoms. The summed E-state index contributed by atoms with van der Waals surface area (Å²) in [6.45, 7) is 5.86. The number of nitrogens with zero attached hydrogens (tertiary/aromatic N) is 1. The van der Waals surface area contributed by atoms with E-state index in [1.54, 1.807) is 0 Å². The van der Waals surface area contributed by atoms with Crippen LogP contribution in [-0.4, -0.2) is 26.2 Å². The van der Waals surface area contributed by atoms with Gasteiger partial charge in [-0.1, -0.05) is 0 Å². The molecule has 0 saturated carbocycles. The Balaban J connectivity index is 2.26. The van der Waals surface area contributed by atoms with Crippen molar-refractivity contribution < 1.29 is 4.74 Å². The molecule has 1 aliphatic rings. The largest absolute Gasteiger partial charge is 0.494 e. The average molecular weight is 234 g/mol. The quantitative estimate of drug-likeness (QED) is 0.869. The summed E-state index contributed by atoms with van der Waals surface area (Å²) in [6.07, 6.45) is 1.03. The molecule has 1 aliphatic heterocycles. The number of hydrogen-bond donors (Lipinski definition) is 1. The SMILES string of the molecule is CCOc1ccc2c(c1)C(CC(C)N)CN2C. The predicted molar refractivity (Wildman–Crippen MR) is 71.9 cm³/mol. The lowest BCUT2D eigenvalue weighted by molar-refractivity contribution is 0.340. The zero-order valence-electron chi connectivity index (χ0n) is 10.9. The minimum Gasteiger partial charge on any atom is -0.494 e. The molecule has 0 spiro atoms. The van der Waals surface area contributed by atoms with Crippen LogP contribution in [0.3, 0.4) is 0 Å². The van der Waals surface area contributed by atoms with E-state index in [1.165, 1.54) is 11.3 Å². The van der Waals surface area contributed by atoms with E-state index in [0.717, 1.165) is 18.7 Å². The van der Waals surface area contributed by atoms with Gasteiger partial charge in [-0.3, -0.25) is 0 Å². The van der Waals surface area contributed by atoms with Crippen LogP contribution in [0.25, 0.3) is 0 Å². The summed E-state index contributed by atoms with van der Waals surface area (Å²) in [6, 6.07) is 6.62. The topological polar surface area (TPSA) is 38.5 Å². The van der Waals surface area contributed by atoms with E-state index in [4.69, 9.17) is 10.5 Å². The van der Waals surface area contributed by atoms with Crippen LogP contribution in [-0.2, 0) is 0 Å². The number of nitrogens with two attached hydrogens (primary N) is 1. The number of hydrogen-bond acceptors (Lipinski definition) is 3. The molecule has 2 N–H and O–H groups in total. The van der Waals surface area contributed by atoms with Crippen molar-refractivity contribution in [2.45, 2.75) is 32.2 Å². The molecule has 1 heterocycles. The predicted octanol–water partition coefficient (Wildman–Crippen LogP) is 2.36. The first-order valence-corrected chi connectivity index (χ1v) is 6.35. The molecule has 3 nitrogen and oxygen atoms in total. The van der Waals surface area contributed by atoms with Crippen LogP contribution < -0.4 is 15.4 Å². The zero-order valence-corrected chi connectivity index (χ0v) is 10.9. The van der Waals surface area contributed by atoms with Crippen molar-refractivity contribution in [1.82, 2.24) is 0 Å². The first-order valence-electron chi connectivity index (χ1n) is 6.35. The molecule has 0 saturated heterocycles. The molecule has 0 radical (unpaired) electrons. The average Bonchev–Trinajstić information content (AvgIpc) is 2.55. The molecule has 1 aromatic carbocycles. The molecule has 2 atom stereocenters. The van der Waals surface area contributed by atoms with Crippen LogP contribution in [0.15, 0.2) is 18.2 Å². The van der Waals surface area contributed by atoms with Gasteiger partial charge in [0, 0.05) is 31.2 Å². The second-order valence-corrected chi connectivity index (χ2v) is 4.94. The first-order chi connectivity index (χ1) is 8.11. The molecule has 2 unspecified atom stereocenters. The van der Waals surface area contributed by atoms with Gasteiger partial charge in [0.2, 0.25) is 0 Å². The Morgan fingerprint density at radius 2 is 2.29 bits per heavy atom. The van der Waals surface area contributed by atoms with Gasteiger partial charge >= 0.3 is 0 Å². The van der Waals surface area contributed by atoms with E-state index in [1.807, 2.05) is 13.0 Å². The lowest BCUT2D eigenvalue weighted by Crippen LogP contribution is -2.22. The number of rotatable bonds is 4. The highest BCUT2D eigenvalue weighted by molar-refractivity contribution is 5.61. The third-order valence-electron chi connectivity index (χ3n) is 3.31. The summed E-state index contributed by atoms with van der Waals surface area (Å²) < 4.78 is 5.57. The normalized spacial score (nSPS) is 20.2. The van der Waals surface area contributed by atoms with Crippen LogP contribution in [0.4, 0.5) is 5.69 Å². The van der Waals surface area contributed by atoms with Gasteiger partial charge in [-0.05, 0) is 44.0 Å². The minimum atomic E-state index is 0.245. The number of likely N-dealkylation sites (N-methyl/N-ethyl adjacent to an activating group) is 1. The van der Waals surface area contributed by atoms with Crippen LogP contribution in [0, 0.1) is 0 Å². The van der Waals surface area contributed by atoms with Gasteiger partial charge in [-0.25, -0.2) is 0 Å². The van der Waals surface area contributed by atoms with E-state index in [0.29, 0.717) is 12.5 Å². The highest BCUT2D eigenvalue weighted by atomic mass is 16.5. The Labute approximate surface area is 104 Å². The van der Waals surface area contributed by atoms with Crippen LogP contribution in [0.1, 0.15) is 31.7 Å². The summed E-state index contributed by atoms with van der Waals surface area (Å²) in [7, 11) is 2.14. The molecular weight excluding hydrogens is 212 g/mol. The Morgan fingerprint density at radius 3 is 2.94 bits per heavy atom. The molecular formula is C14H22N2O. The number of anilines is 1. The first kappa shape index (κ1) is 12.2. The highest BCUT2D eigenvalue weighted by Crippen LogP contribution is 2.39. The standard InChI is InChI=1S/C14H22N2O/c1-4-17-12-5-6-14-13(8-12)11(7-10(2)15)9-16(14)3/h5-6,8,10-11H,4,7,9,15H2,1-3H3. The minimum absolute atomic E-state index is 0.245. The van der Waals surface area contributed by atoms with Gasteiger partial charge in [0.25, 0.3) is 0 Å². The molecule has 0 fully saturated rings. The Hall–Kier alpha value is -1.22. The fourth-order valence-corrected chi connectivity index (χ4v) is 2.64. The number of benzene rings is 1. The molecule has 0 aromatic heterocycles. The molecule has 94 valence electrons. The van der Waals surface area contributed by atoms with Crippen LogP contribution in [0.5, 0.6) is 5.75 Å². The van der Waals surface area contributed by atoms with E-state index >= 15 is 0 Å². The highest BCUT2D eigenvalue weighted by Gasteiger charge is 2.27. The van der Waals surface area contributed by atoms with E-state index < -0.39 is 0 Å². The van der Waals surface area contributed by atoms with Gasteiger partial charge in [0.1, 0.15) is 5.75 Å². The van der Waals surface area contributed by atoms with Gasteiger partial charge in [-0.2, -0.15) is 0 Å². The Kier molecular flexibility index (Phi) is 3.57. The monoisotopic (exact) mass is 234 g/mol. The fourth-order valence-electron chi connectivity index (χ4n) is 2.64. The van der Waals surface area contributed by atoms with Gasteiger partial charge in [0.15, 0.2) is 0 Å². The molecule has 0 amide bonds. The lowest BCUT2D eigenvalue weighted by Gasteiger charge is -2.14. The zero-order chi connectivity index (χ0) is 12.4. The van der Waals surface area contributed by atoms with Gasteiger partial charge in [-0.15, -0.1) is 0 Å². The van der Waals surface area contributed by atoms with Crippen molar-refractivity contribution in [1.29, 1.82) is 0 Å². The maximum atomic E-state index is 5.92. The van der Waals surface area contributed by atoms with E-state index in [-0.39, 0.29) is 6.04 Å². The Bertz CT molecular complexity index is 388. The van der Waals surface area contributed by atoms with Gasteiger partial charge < -0.3 is 15.4 Å². The number of fused-ring (bicyclic) bond motifs is 1. The van der Waals surface area contributed by atoms with Crippen molar-refractivity contribution >= 4 is 5.69 Å². The smallest absolute Gasteiger partial charge is 0.119 e. The van der Waals surface area contributed by atoms with Crippen molar-refractivity contribution in [3.8, 4) is 5.75 Å². The third kappa shape index (κ3) is 2.55. The van der Waals surface area contributed by atoms with Crippen molar-refractivity contribution in [2.75, 3.05) is 25.1 Å². The molecule has 0 bridgehead atoms. The van der Waals surface area contributed by atoms with Crippen LogP contribution >= 0.6 is 0 Å². The van der Waals surface area contributed by atoms with E-state index in [2.05, 4.69) is 31.0 Å². The summed E-state index contributed by atoms with van der Waals surface area (Å²) in [5, 5.41) is 0. The summed E-state index contributed by atoms with van der Waals surface area (Å²) in [5.74, 6) is 1.51. The van der Waals surface area contributed by atoms with Gasteiger partial charge in [0.05, 0.1) is 6.61 Å². The molecule has 2 rings (SSSR count). The third-order valence-corrected chi connectivity index (χ3v) is 3.31. The maximum absolute atomic E-state index is 5.92. The lowest BCUT2D eigenvalue weighted by atomic mass is 9.95. The van der Waals surface area contributed by atoms with Crippen molar-refractivity contribution in [3.63, 3.8) is 0 Å². The second kappa shape index (κ2) is 4.96. The van der Waals surface area contributed by atoms with E-state index in [9.17, 15) is 0 Å². The summed E-state index contributed by atoms with van der Waals surface area (Å²) in [5.41, 5.74) is 8.63. The van der Waals surface area contributed by atoms with Crippen molar-refractivity contribution in [3.05, 3.63) is 23.8 Å². The molecule has 3 heteroatoms. The number of ether oxygens (including phenoxy) is 1. The second-order valence-electron chi connectivity index (χ2n) is 4.94. The Morgan fingerprint density at radius 1 is 1.53 bits per heavy atom. The van der Waals surface area contributed by atoms with Crippen LogP contribution in [0.2, 0.25) is 0 Å². The molecule has 1 aromatic rings. The fraction of sp³-hybridized carbons (Fsp3) is 0.571. The summed E-state index contributed by atoms with van der Waals surface area (Å²) >= 11 is 0.